The average Bonchev–Trinajstić information content (AvgIpc) is 2.20. The van der Waals surface area contributed by atoms with Gasteiger partial charge in [-0.05, 0) is 70.9 Å². The molecule has 90 valence electrons. The summed E-state index contributed by atoms with van der Waals surface area (Å²) in [6, 6.07) is 3.83. The fourth-order valence-electron chi connectivity index (χ4n) is 2.10. The monoisotopic (exact) mass is 285 g/mol. The fraction of sp³-hybridized carbons (Fsp3) is 0.538. The Labute approximate surface area is 106 Å². The van der Waals surface area contributed by atoms with E-state index >= 15 is 0 Å². The van der Waals surface area contributed by atoms with E-state index < -0.39 is 0 Å². The van der Waals surface area contributed by atoms with Crippen molar-refractivity contribution < 1.29 is 5.11 Å². The SMILES string of the molecule is Cc1cc(Br)c(O)cc1C(CCN)C(C)C. The molecule has 0 amide bonds. The van der Waals surface area contributed by atoms with Gasteiger partial charge in [-0.2, -0.15) is 0 Å². The predicted molar refractivity (Wildman–Crippen MR) is 71.8 cm³/mol. The maximum Gasteiger partial charge on any atom is 0.130 e. The number of halogens is 1. The largest absolute Gasteiger partial charge is 0.507 e. The van der Waals surface area contributed by atoms with Gasteiger partial charge in [0, 0.05) is 0 Å². The standard InChI is InChI=1S/C13H20BrNO/c1-8(2)10(4-5-15)11-7-13(16)12(14)6-9(11)3/h6-8,10,16H,4-5,15H2,1-3H3. The van der Waals surface area contributed by atoms with Crippen LogP contribution in [0.5, 0.6) is 5.75 Å². The topological polar surface area (TPSA) is 46.2 Å². The first-order valence-electron chi connectivity index (χ1n) is 5.66. The van der Waals surface area contributed by atoms with Crippen LogP contribution in [0.1, 0.15) is 37.3 Å². The Morgan fingerprint density at radius 1 is 1.38 bits per heavy atom. The molecule has 1 aromatic rings. The highest BCUT2D eigenvalue weighted by molar-refractivity contribution is 9.10. The quantitative estimate of drug-likeness (QED) is 0.889. The minimum absolute atomic E-state index is 0.309. The zero-order valence-electron chi connectivity index (χ0n) is 10.1. The van der Waals surface area contributed by atoms with Gasteiger partial charge in [-0.15, -0.1) is 0 Å². The van der Waals surface area contributed by atoms with Gasteiger partial charge in [0.25, 0.3) is 0 Å². The molecule has 0 saturated heterocycles. The first kappa shape index (κ1) is 13.5. The van der Waals surface area contributed by atoms with E-state index in [2.05, 4.69) is 36.7 Å². The van der Waals surface area contributed by atoms with Crippen LogP contribution in [0.4, 0.5) is 0 Å². The summed E-state index contributed by atoms with van der Waals surface area (Å²) in [7, 11) is 0. The van der Waals surface area contributed by atoms with Crippen molar-refractivity contribution in [3.05, 3.63) is 27.7 Å². The highest BCUT2D eigenvalue weighted by Crippen LogP contribution is 2.35. The molecule has 1 atom stereocenters. The van der Waals surface area contributed by atoms with Crippen molar-refractivity contribution in [1.82, 2.24) is 0 Å². The lowest BCUT2D eigenvalue weighted by atomic mass is 9.83. The van der Waals surface area contributed by atoms with Crippen LogP contribution in [0.25, 0.3) is 0 Å². The number of phenols is 1. The number of phenolic OH excluding ortho intramolecular Hbond substituents is 1. The van der Waals surface area contributed by atoms with Gasteiger partial charge < -0.3 is 10.8 Å². The predicted octanol–water partition coefficient (Wildman–Crippen LogP) is 3.55. The highest BCUT2D eigenvalue weighted by Gasteiger charge is 2.18. The third-order valence-corrected chi connectivity index (χ3v) is 3.65. The van der Waals surface area contributed by atoms with Crippen LogP contribution in [0.2, 0.25) is 0 Å². The molecule has 0 fully saturated rings. The van der Waals surface area contributed by atoms with Crippen molar-refractivity contribution in [2.24, 2.45) is 11.7 Å². The van der Waals surface area contributed by atoms with E-state index in [0.29, 0.717) is 24.1 Å². The van der Waals surface area contributed by atoms with Gasteiger partial charge in [0.1, 0.15) is 5.75 Å². The number of aromatic hydroxyl groups is 1. The molecule has 0 aliphatic rings. The Morgan fingerprint density at radius 3 is 2.50 bits per heavy atom. The van der Waals surface area contributed by atoms with Gasteiger partial charge in [-0.25, -0.2) is 0 Å². The number of benzene rings is 1. The molecule has 0 aliphatic carbocycles. The molecule has 3 heteroatoms. The maximum absolute atomic E-state index is 9.75. The van der Waals surface area contributed by atoms with Crippen LogP contribution >= 0.6 is 15.9 Å². The van der Waals surface area contributed by atoms with Crippen molar-refractivity contribution >= 4 is 15.9 Å². The Morgan fingerprint density at radius 2 is 2.00 bits per heavy atom. The molecule has 2 nitrogen and oxygen atoms in total. The first-order chi connectivity index (χ1) is 7.47. The van der Waals surface area contributed by atoms with Crippen LogP contribution in [-0.2, 0) is 0 Å². The van der Waals surface area contributed by atoms with E-state index in [4.69, 9.17) is 5.73 Å². The number of rotatable bonds is 4. The Balaban J connectivity index is 3.13. The second-order valence-corrected chi connectivity index (χ2v) is 5.44. The minimum atomic E-state index is 0.309. The molecule has 0 aromatic heterocycles. The molecule has 1 aromatic carbocycles. The number of aryl methyl sites for hydroxylation is 1. The number of nitrogens with two attached hydrogens (primary N) is 1. The number of hydrogen-bond donors (Lipinski definition) is 2. The molecule has 0 spiro atoms. The lowest BCUT2D eigenvalue weighted by molar-refractivity contribution is 0.454. The highest BCUT2D eigenvalue weighted by atomic mass is 79.9. The zero-order valence-corrected chi connectivity index (χ0v) is 11.7. The summed E-state index contributed by atoms with van der Waals surface area (Å²) >= 11 is 3.33. The third-order valence-electron chi connectivity index (χ3n) is 3.02. The lowest BCUT2D eigenvalue weighted by Crippen LogP contribution is -2.13. The molecule has 16 heavy (non-hydrogen) atoms. The molecule has 1 rings (SSSR count). The summed E-state index contributed by atoms with van der Waals surface area (Å²) in [5.74, 6) is 1.26. The average molecular weight is 286 g/mol. The summed E-state index contributed by atoms with van der Waals surface area (Å²) in [4.78, 5) is 0. The summed E-state index contributed by atoms with van der Waals surface area (Å²) in [5, 5.41) is 9.75. The molecule has 0 radical (unpaired) electrons. The first-order valence-corrected chi connectivity index (χ1v) is 6.45. The maximum atomic E-state index is 9.75. The van der Waals surface area contributed by atoms with Crippen molar-refractivity contribution in [2.75, 3.05) is 6.54 Å². The fourth-order valence-corrected chi connectivity index (χ4v) is 2.56. The van der Waals surface area contributed by atoms with Crippen LogP contribution in [0.3, 0.4) is 0 Å². The summed E-state index contributed by atoms with van der Waals surface area (Å²) in [5.41, 5.74) is 8.07. The van der Waals surface area contributed by atoms with Gasteiger partial charge >= 0.3 is 0 Å². The molecule has 0 bridgehead atoms. The molecule has 1 unspecified atom stereocenters. The van der Waals surface area contributed by atoms with E-state index in [0.717, 1.165) is 10.9 Å². The Bertz CT molecular complexity index is 363. The lowest BCUT2D eigenvalue weighted by Gasteiger charge is -2.23. The zero-order chi connectivity index (χ0) is 12.3. The third kappa shape index (κ3) is 2.98. The number of hydrogen-bond acceptors (Lipinski definition) is 2. The molecule has 0 aliphatic heterocycles. The van der Waals surface area contributed by atoms with Crippen LogP contribution in [0.15, 0.2) is 16.6 Å². The van der Waals surface area contributed by atoms with E-state index in [-0.39, 0.29) is 0 Å². The van der Waals surface area contributed by atoms with Gasteiger partial charge in [-0.1, -0.05) is 13.8 Å². The van der Waals surface area contributed by atoms with Crippen molar-refractivity contribution in [3.8, 4) is 5.75 Å². The van der Waals surface area contributed by atoms with E-state index in [9.17, 15) is 5.11 Å². The van der Waals surface area contributed by atoms with Gasteiger partial charge in [0.05, 0.1) is 4.47 Å². The molecule has 0 saturated carbocycles. The van der Waals surface area contributed by atoms with E-state index in [1.165, 1.54) is 11.1 Å². The van der Waals surface area contributed by atoms with Crippen molar-refractivity contribution in [1.29, 1.82) is 0 Å². The van der Waals surface area contributed by atoms with Gasteiger partial charge in [-0.3, -0.25) is 0 Å². The molecule has 0 heterocycles. The minimum Gasteiger partial charge on any atom is -0.507 e. The van der Waals surface area contributed by atoms with E-state index in [1.54, 1.807) is 0 Å². The normalized spacial score (nSPS) is 13.1. The van der Waals surface area contributed by atoms with Gasteiger partial charge in [0.2, 0.25) is 0 Å². The van der Waals surface area contributed by atoms with Crippen molar-refractivity contribution in [3.63, 3.8) is 0 Å². The van der Waals surface area contributed by atoms with Crippen molar-refractivity contribution in [2.45, 2.75) is 33.1 Å². The second kappa shape index (κ2) is 5.69. The molecular formula is C13H20BrNO. The Kier molecular flexibility index (Phi) is 4.81. The Hall–Kier alpha value is -0.540. The summed E-state index contributed by atoms with van der Waals surface area (Å²) in [6.07, 6.45) is 0.958. The van der Waals surface area contributed by atoms with Crippen LogP contribution in [0, 0.1) is 12.8 Å². The van der Waals surface area contributed by atoms with E-state index in [1.807, 2.05) is 12.1 Å². The summed E-state index contributed by atoms with van der Waals surface area (Å²) in [6.45, 7) is 7.14. The second-order valence-electron chi connectivity index (χ2n) is 4.59. The smallest absolute Gasteiger partial charge is 0.130 e. The van der Waals surface area contributed by atoms with Crippen LogP contribution in [-0.4, -0.2) is 11.7 Å². The molecular weight excluding hydrogens is 266 g/mol. The summed E-state index contributed by atoms with van der Waals surface area (Å²) < 4.78 is 0.754. The van der Waals surface area contributed by atoms with Crippen LogP contribution < -0.4 is 5.73 Å². The molecule has 3 N–H and O–H groups in total. The van der Waals surface area contributed by atoms with Gasteiger partial charge in [0.15, 0.2) is 0 Å².